The van der Waals surface area contributed by atoms with E-state index in [-0.39, 0.29) is 5.91 Å². The average Bonchev–Trinajstić information content (AvgIpc) is 2.55. The Balaban J connectivity index is 1.77. The lowest BCUT2D eigenvalue weighted by atomic mass is 10.1. The van der Waals surface area contributed by atoms with Gasteiger partial charge in [-0.05, 0) is 31.4 Å². The van der Waals surface area contributed by atoms with E-state index in [1.54, 1.807) is 0 Å². The molecule has 2 aliphatic rings. The minimum absolute atomic E-state index is 0.117. The molecule has 2 N–H and O–H groups in total. The number of piperidine rings is 1. The predicted octanol–water partition coefficient (Wildman–Crippen LogP) is 1.23. The van der Waals surface area contributed by atoms with Crippen LogP contribution in [-0.4, -0.2) is 49.6 Å². The van der Waals surface area contributed by atoms with E-state index >= 15 is 0 Å². The van der Waals surface area contributed by atoms with Crippen LogP contribution in [0.3, 0.4) is 0 Å². The SMILES string of the molecule is NCCN1CC(C(=O)N2CCCCC2)Oc2ccccc21. The van der Waals surface area contributed by atoms with Crippen molar-refractivity contribution >= 4 is 11.6 Å². The molecule has 0 radical (unpaired) electrons. The van der Waals surface area contributed by atoms with Gasteiger partial charge in [-0.1, -0.05) is 12.1 Å². The summed E-state index contributed by atoms with van der Waals surface area (Å²) in [7, 11) is 0. The van der Waals surface area contributed by atoms with E-state index in [1.807, 2.05) is 29.2 Å². The second-order valence-electron chi connectivity index (χ2n) is 5.69. The fourth-order valence-electron chi connectivity index (χ4n) is 3.12. The summed E-state index contributed by atoms with van der Waals surface area (Å²) >= 11 is 0. The van der Waals surface area contributed by atoms with Gasteiger partial charge in [0.1, 0.15) is 5.75 Å². The third-order valence-electron chi connectivity index (χ3n) is 4.20. The maximum atomic E-state index is 12.7. The normalized spacial score (nSPS) is 21.7. The Labute approximate surface area is 125 Å². The standard InChI is InChI=1S/C16H23N3O2/c17-8-11-19-12-15(16(20)18-9-4-1-5-10-18)21-14-7-3-2-6-13(14)19/h2-3,6-7,15H,1,4-5,8-12,17H2. The van der Waals surface area contributed by atoms with Gasteiger partial charge in [-0.25, -0.2) is 0 Å². The maximum Gasteiger partial charge on any atom is 0.265 e. The minimum atomic E-state index is -0.412. The number of ether oxygens (including phenoxy) is 1. The second kappa shape index (κ2) is 6.35. The third-order valence-corrected chi connectivity index (χ3v) is 4.20. The van der Waals surface area contributed by atoms with Crippen LogP contribution in [0.1, 0.15) is 19.3 Å². The lowest BCUT2D eigenvalue weighted by Crippen LogP contribution is -2.52. The van der Waals surface area contributed by atoms with Gasteiger partial charge >= 0.3 is 0 Å². The maximum absolute atomic E-state index is 12.7. The molecule has 0 aromatic heterocycles. The fourth-order valence-corrected chi connectivity index (χ4v) is 3.12. The highest BCUT2D eigenvalue weighted by Crippen LogP contribution is 2.33. The van der Waals surface area contributed by atoms with E-state index in [1.165, 1.54) is 6.42 Å². The molecule has 0 bridgehead atoms. The van der Waals surface area contributed by atoms with Crippen molar-refractivity contribution in [3.8, 4) is 5.75 Å². The number of anilines is 1. The van der Waals surface area contributed by atoms with Crippen LogP contribution in [0.15, 0.2) is 24.3 Å². The smallest absolute Gasteiger partial charge is 0.265 e. The number of carbonyl (C=O) groups is 1. The highest BCUT2D eigenvalue weighted by Gasteiger charge is 2.33. The quantitative estimate of drug-likeness (QED) is 0.909. The van der Waals surface area contributed by atoms with Crippen molar-refractivity contribution in [1.82, 2.24) is 4.90 Å². The molecule has 21 heavy (non-hydrogen) atoms. The molecule has 1 unspecified atom stereocenters. The molecule has 0 aliphatic carbocycles. The van der Waals surface area contributed by atoms with Crippen LogP contribution in [0.4, 0.5) is 5.69 Å². The Hall–Kier alpha value is -1.75. The van der Waals surface area contributed by atoms with E-state index < -0.39 is 6.10 Å². The summed E-state index contributed by atoms with van der Waals surface area (Å²) < 4.78 is 5.95. The van der Waals surface area contributed by atoms with E-state index in [2.05, 4.69) is 4.90 Å². The molecule has 0 saturated carbocycles. The van der Waals surface area contributed by atoms with Crippen molar-refractivity contribution in [2.24, 2.45) is 5.73 Å². The first-order valence-corrected chi connectivity index (χ1v) is 7.79. The van der Waals surface area contributed by atoms with Gasteiger partial charge < -0.3 is 20.3 Å². The number of para-hydroxylation sites is 2. The van der Waals surface area contributed by atoms with Gasteiger partial charge in [0.2, 0.25) is 0 Å². The van der Waals surface area contributed by atoms with Crippen molar-refractivity contribution in [1.29, 1.82) is 0 Å². The molecular weight excluding hydrogens is 266 g/mol. The molecule has 5 nitrogen and oxygen atoms in total. The number of likely N-dealkylation sites (tertiary alicyclic amines) is 1. The van der Waals surface area contributed by atoms with Gasteiger partial charge in [0.25, 0.3) is 5.91 Å². The predicted molar refractivity (Wildman–Crippen MR) is 82.6 cm³/mol. The Morgan fingerprint density at radius 1 is 1.24 bits per heavy atom. The monoisotopic (exact) mass is 289 g/mol. The summed E-state index contributed by atoms with van der Waals surface area (Å²) in [5.74, 6) is 0.902. The summed E-state index contributed by atoms with van der Waals surface area (Å²) in [6.45, 7) is 3.61. The summed E-state index contributed by atoms with van der Waals surface area (Å²) in [5.41, 5.74) is 6.74. The van der Waals surface area contributed by atoms with Crippen molar-refractivity contribution in [2.75, 3.05) is 37.6 Å². The van der Waals surface area contributed by atoms with Crippen LogP contribution in [-0.2, 0) is 4.79 Å². The number of amides is 1. The summed E-state index contributed by atoms with van der Waals surface area (Å²) in [5, 5.41) is 0. The van der Waals surface area contributed by atoms with Crippen LogP contribution >= 0.6 is 0 Å². The summed E-state index contributed by atoms with van der Waals surface area (Å²) in [4.78, 5) is 16.8. The number of nitrogens with zero attached hydrogens (tertiary/aromatic N) is 2. The molecule has 1 aromatic rings. The highest BCUT2D eigenvalue weighted by atomic mass is 16.5. The number of nitrogens with two attached hydrogens (primary N) is 1. The molecule has 1 saturated heterocycles. The first-order valence-electron chi connectivity index (χ1n) is 7.79. The zero-order valence-electron chi connectivity index (χ0n) is 12.3. The molecule has 0 spiro atoms. The molecule has 3 rings (SSSR count). The van der Waals surface area contributed by atoms with Crippen molar-refractivity contribution in [3.05, 3.63) is 24.3 Å². The molecule has 1 aromatic carbocycles. The van der Waals surface area contributed by atoms with Gasteiger partial charge in [0.15, 0.2) is 6.10 Å². The number of carbonyl (C=O) groups excluding carboxylic acids is 1. The third kappa shape index (κ3) is 2.97. The van der Waals surface area contributed by atoms with Crippen LogP contribution in [0, 0.1) is 0 Å². The van der Waals surface area contributed by atoms with Crippen molar-refractivity contribution < 1.29 is 9.53 Å². The Bertz CT molecular complexity index is 500. The number of rotatable bonds is 3. The average molecular weight is 289 g/mol. The van der Waals surface area contributed by atoms with E-state index in [9.17, 15) is 4.79 Å². The second-order valence-corrected chi connectivity index (χ2v) is 5.69. The Kier molecular flexibility index (Phi) is 4.29. The molecule has 1 amide bonds. The Morgan fingerprint density at radius 2 is 2.00 bits per heavy atom. The van der Waals surface area contributed by atoms with Crippen molar-refractivity contribution in [2.45, 2.75) is 25.4 Å². The fraction of sp³-hybridized carbons (Fsp3) is 0.562. The van der Waals surface area contributed by atoms with Crippen LogP contribution < -0.4 is 15.4 Å². The molecular formula is C16H23N3O2. The van der Waals surface area contributed by atoms with Crippen molar-refractivity contribution in [3.63, 3.8) is 0 Å². The molecule has 5 heteroatoms. The van der Waals surface area contributed by atoms with Gasteiger partial charge in [-0.3, -0.25) is 4.79 Å². The van der Waals surface area contributed by atoms with E-state index in [0.29, 0.717) is 13.1 Å². The zero-order chi connectivity index (χ0) is 14.7. The molecule has 1 fully saturated rings. The summed E-state index contributed by atoms with van der Waals surface area (Å²) in [6.07, 6.45) is 3.00. The number of fused-ring (bicyclic) bond motifs is 1. The molecule has 2 heterocycles. The molecule has 2 aliphatic heterocycles. The first kappa shape index (κ1) is 14.2. The Morgan fingerprint density at radius 3 is 2.76 bits per heavy atom. The molecule has 1 atom stereocenters. The number of hydrogen-bond donors (Lipinski definition) is 1. The zero-order valence-corrected chi connectivity index (χ0v) is 12.3. The number of hydrogen-bond acceptors (Lipinski definition) is 4. The van der Waals surface area contributed by atoms with Gasteiger partial charge in [-0.2, -0.15) is 0 Å². The van der Waals surface area contributed by atoms with Gasteiger partial charge in [0, 0.05) is 26.2 Å². The largest absolute Gasteiger partial charge is 0.477 e. The van der Waals surface area contributed by atoms with E-state index in [4.69, 9.17) is 10.5 Å². The lowest BCUT2D eigenvalue weighted by Gasteiger charge is -2.38. The van der Waals surface area contributed by atoms with Crippen LogP contribution in [0.5, 0.6) is 5.75 Å². The lowest BCUT2D eigenvalue weighted by molar-refractivity contribution is -0.139. The van der Waals surface area contributed by atoms with E-state index in [0.717, 1.165) is 43.9 Å². The highest BCUT2D eigenvalue weighted by molar-refractivity contribution is 5.83. The first-order chi connectivity index (χ1) is 10.3. The minimum Gasteiger partial charge on any atom is -0.477 e. The summed E-state index contributed by atoms with van der Waals surface area (Å²) in [6, 6.07) is 7.87. The number of benzene rings is 1. The van der Waals surface area contributed by atoms with Crippen LogP contribution in [0.25, 0.3) is 0 Å². The van der Waals surface area contributed by atoms with Gasteiger partial charge in [-0.15, -0.1) is 0 Å². The molecule has 114 valence electrons. The van der Waals surface area contributed by atoms with Gasteiger partial charge in [0.05, 0.1) is 12.2 Å². The topological polar surface area (TPSA) is 58.8 Å². The van der Waals surface area contributed by atoms with Crippen LogP contribution in [0.2, 0.25) is 0 Å².